The first kappa shape index (κ1) is 19.5. The van der Waals surface area contributed by atoms with Crippen LogP contribution in [0.25, 0.3) is 16.8 Å². The molecule has 0 aliphatic heterocycles. The number of nitrogens with zero attached hydrogens (tertiary/aromatic N) is 1. The molecule has 6 nitrogen and oxygen atoms in total. The van der Waals surface area contributed by atoms with Gasteiger partial charge in [-0.25, -0.2) is 0 Å². The summed E-state index contributed by atoms with van der Waals surface area (Å²) in [5, 5.41) is 11.3. The number of hydrogen-bond acceptors (Lipinski definition) is 5. The number of aromatic carboxylic acids is 1. The van der Waals surface area contributed by atoms with E-state index in [0.29, 0.717) is 18.1 Å². The quantitative estimate of drug-likeness (QED) is 0.563. The molecule has 0 spiro atoms. The van der Waals surface area contributed by atoms with Gasteiger partial charge in [0.15, 0.2) is 0 Å². The van der Waals surface area contributed by atoms with Gasteiger partial charge in [-0.15, -0.1) is 0 Å². The average molecular weight is 376 g/mol. The maximum atomic E-state index is 12.5. The Balaban J connectivity index is 0.00000196. The molecule has 0 aromatic carbocycles. The van der Waals surface area contributed by atoms with Crippen molar-refractivity contribution in [3.8, 4) is 11.3 Å². The molecule has 1 aliphatic rings. The number of carbonyl (C=O) groups excluding carboxylic acids is 1. The van der Waals surface area contributed by atoms with E-state index in [9.17, 15) is 14.7 Å². The smallest absolute Gasteiger partial charge is 0.545 e. The Morgan fingerprint density at radius 2 is 2.08 bits per heavy atom. The normalized spacial score (nSPS) is 13.6. The van der Waals surface area contributed by atoms with E-state index in [2.05, 4.69) is 0 Å². The van der Waals surface area contributed by atoms with Crippen molar-refractivity contribution < 1.29 is 65.7 Å². The number of aryl methyl sites for hydroxylation is 1. The first-order valence-electron chi connectivity index (χ1n) is 8.20. The Morgan fingerprint density at radius 1 is 1.35 bits per heavy atom. The standard InChI is InChI=1S/C19H18N2O4.K/c1-10-13(16-5-4-12(9-20)25-16)6-7-21-17(10)14(11-2-3-11)8-15(18(21)22)19(23)24;/h4-8,11H,2-3,9,20H2,1H3,(H,23,24);/q;+1/p-1. The summed E-state index contributed by atoms with van der Waals surface area (Å²) in [7, 11) is 0. The van der Waals surface area contributed by atoms with Gasteiger partial charge < -0.3 is 20.1 Å². The van der Waals surface area contributed by atoms with E-state index in [4.69, 9.17) is 10.2 Å². The molecule has 26 heavy (non-hydrogen) atoms. The summed E-state index contributed by atoms with van der Waals surface area (Å²) in [4.78, 5) is 23.8. The monoisotopic (exact) mass is 376 g/mol. The van der Waals surface area contributed by atoms with E-state index in [1.807, 2.05) is 19.1 Å². The third-order valence-electron chi connectivity index (χ3n) is 4.78. The van der Waals surface area contributed by atoms with Crippen molar-refractivity contribution in [1.82, 2.24) is 4.40 Å². The van der Waals surface area contributed by atoms with Crippen LogP contribution in [0.3, 0.4) is 0 Å². The number of furan rings is 1. The maximum absolute atomic E-state index is 12.5. The predicted octanol–water partition coefficient (Wildman–Crippen LogP) is -1.43. The summed E-state index contributed by atoms with van der Waals surface area (Å²) >= 11 is 0. The van der Waals surface area contributed by atoms with Crippen LogP contribution in [0, 0.1) is 6.92 Å². The number of nitrogens with two attached hydrogens (primary N) is 1. The zero-order valence-electron chi connectivity index (χ0n) is 14.7. The van der Waals surface area contributed by atoms with E-state index in [-0.39, 0.29) is 62.9 Å². The second kappa shape index (κ2) is 7.42. The van der Waals surface area contributed by atoms with Crippen molar-refractivity contribution in [3.63, 3.8) is 0 Å². The van der Waals surface area contributed by atoms with Gasteiger partial charge in [0.25, 0.3) is 5.56 Å². The zero-order valence-corrected chi connectivity index (χ0v) is 17.9. The van der Waals surface area contributed by atoms with Crippen molar-refractivity contribution in [3.05, 3.63) is 63.3 Å². The molecular formula is C19H17KN2O4. The van der Waals surface area contributed by atoms with Gasteiger partial charge in [0.05, 0.1) is 23.6 Å². The number of carboxylic acids is 1. The maximum Gasteiger partial charge on any atom is 1.00 e. The van der Waals surface area contributed by atoms with Crippen LogP contribution in [-0.4, -0.2) is 10.4 Å². The molecule has 4 rings (SSSR count). The molecule has 2 N–H and O–H groups in total. The molecule has 1 fully saturated rings. The van der Waals surface area contributed by atoms with Gasteiger partial charge >= 0.3 is 51.4 Å². The van der Waals surface area contributed by atoms with Crippen LogP contribution in [0.4, 0.5) is 0 Å². The first-order chi connectivity index (χ1) is 12.0. The van der Waals surface area contributed by atoms with Crippen molar-refractivity contribution in [1.29, 1.82) is 0 Å². The SMILES string of the molecule is Cc1c(-c2ccc(CN)o2)ccn2c(=O)c(C(=O)[O-])cc(C3CC3)c12.[K+]. The molecule has 0 atom stereocenters. The van der Waals surface area contributed by atoms with Crippen LogP contribution in [0.5, 0.6) is 0 Å². The minimum absolute atomic E-state index is 0. The van der Waals surface area contributed by atoms with Gasteiger partial charge in [0, 0.05) is 11.8 Å². The molecule has 3 aromatic heterocycles. The molecule has 0 amide bonds. The summed E-state index contributed by atoms with van der Waals surface area (Å²) in [6, 6.07) is 6.92. The van der Waals surface area contributed by atoms with Crippen molar-refractivity contribution >= 4 is 11.5 Å². The fourth-order valence-electron chi connectivity index (χ4n) is 3.35. The summed E-state index contributed by atoms with van der Waals surface area (Å²) < 4.78 is 7.15. The van der Waals surface area contributed by atoms with E-state index in [0.717, 1.165) is 35.0 Å². The van der Waals surface area contributed by atoms with Crippen LogP contribution in [0.15, 0.2) is 39.7 Å². The molecule has 128 valence electrons. The second-order valence-corrected chi connectivity index (χ2v) is 6.42. The summed E-state index contributed by atoms with van der Waals surface area (Å²) in [6.45, 7) is 2.23. The van der Waals surface area contributed by atoms with E-state index in [1.54, 1.807) is 12.3 Å². The Morgan fingerprint density at radius 3 is 2.65 bits per heavy atom. The number of pyridine rings is 2. The third kappa shape index (κ3) is 3.24. The fourth-order valence-corrected chi connectivity index (χ4v) is 3.35. The molecule has 0 saturated heterocycles. The van der Waals surface area contributed by atoms with E-state index in [1.165, 1.54) is 10.5 Å². The van der Waals surface area contributed by atoms with Crippen LogP contribution in [0.2, 0.25) is 0 Å². The number of carbonyl (C=O) groups is 1. The molecule has 1 aliphatic carbocycles. The van der Waals surface area contributed by atoms with Gasteiger partial charge in [-0.2, -0.15) is 0 Å². The van der Waals surface area contributed by atoms with Gasteiger partial charge in [-0.3, -0.25) is 9.20 Å². The zero-order chi connectivity index (χ0) is 17.7. The van der Waals surface area contributed by atoms with Crippen LogP contribution >= 0.6 is 0 Å². The average Bonchev–Trinajstić information content (AvgIpc) is 3.32. The molecule has 3 aromatic rings. The largest absolute Gasteiger partial charge is 1.00 e. The van der Waals surface area contributed by atoms with Crippen molar-refractivity contribution in [2.45, 2.75) is 32.2 Å². The third-order valence-corrected chi connectivity index (χ3v) is 4.78. The minimum atomic E-state index is -1.44. The van der Waals surface area contributed by atoms with Gasteiger partial charge in [-0.05, 0) is 61.1 Å². The molecule has 0 bridgehead atoms. The number of carboxylic acid groups (broad SMARTS) is 1. The molecule has 7 heteroatoms. The number of rotatable bonds is 4. The van der Waals surface area contributed by atoms with Gasteiger partial charge in [0.2, 0.25) is 0 Å². The van der Waals surface area contributed by atoms with Crippen molar-refractivity contribution in [2.75, 3.05) is 0 Å². The van der Waals surface area contributed by atoms with Gasteiger partial charge in [-0.1, -0.05) is 0 Å². The molecular weight excluding hydrogens is 359 g/mol. The number of aromatic nitrogens is 1. The van der Waals surface area contributed by atoms with Crippen LogP contribution in [0.1, 0.15) is 46.0 Å². The number of hydrogen-bond donors (Lipinski definition) is 1. The van der Waals surface area contributed by atoms with E-state index < -0.39 is 11.5 Å². The molecule has 1 saturated carbocycles. The summed E-state index contributed by atoms with van der Waals surface area (Å²) in [5.41, 5.74) is 8.11. The molecule has 3 heterocycles. The topological polar surface area (TPSA) is 101 Å². The van der Waals surface area contributed by atoms with Crippen molar-refractivity contribution in [2.24, 2.45) is 5.73 Å². The Labute approximate surface area is 192 Å². The number of fused-ring (bicyclic) bond motifs is 1. The first-order valence-corrected chi connectivity index (χ1v) is 8.20. The molecule has 0 radical (unpaired) electrons. The van der Waals surface area contributed by atoms with Crippen LogP contribution in [-0.2, 0) is 6.54 Å². The fraction of sp³-hybridized carbons (Fsp3) is 0.263. The molecule has 0 unspecified atom stereocenters. The predicted molar refractivity (Wildman–Crippen MR) is 90.3 cm³/mol. The van der Waals surface area contributed by atoms with Gasteiger partial charge in [0.1, 0.15) is 11.5 Å². The Kier molecular flexibility index (Phi) is 5.57. The summed E-state index contributed by atoms with van der Waals surface area (Å²) in [6.07, 6.45) is 3.58. The minimum Gasteiger partial charge on any atom is -0.545 e. The summed E-state index contributed by atoms with van der Waals surface area (Å²) in [5.74, 6) is 0.195. The second-order valence-electron chi connectivity index (χ2n) is 6.42. The Hall–Kier alpha value is -1.22. The van der Waals surface area contributed by atoms with Crippen LogP contribution < -0.4 is 67.8 Å². The van der Waals surface area contributed by atoms with E-state index >= 15 is 0 Å². The Bertz CT molecular complexity index is 1060.